The molecule has 0 rings (SSSR count). The smallest absolute Gasteiger partial charge is 0.198 e. The van der Waals surface area contributed by atoms with Gasteiger partial charge in [-0.15, -0.1) is 5.92 Å². The molecular weight excluding hydrogens is 232 g/mol. The lowest BCUT2D eigenvalue weighted by Gasteiger charge is -1.96. The Balaban J connectivity index is 3.21. The van der Waals surface area contributed by atoms with Crippen molar-refractivity contribution in [3.63, 3.8) is 0 Å². The van der Waals surface area contributed by atoms with Crippen LogP contribution in [-0.4, -0.2) is 6.29 Å². The second kappa shape index (κ2) is 17.0. The summed E-state index contributed by atoms with van der Waals surface area (Å²) in [4.78, 5) is 9.98. The van der Waals surface area contributed by atoms with Gasteiger partial charge in [-0.05, 0) is 25.7 Å². The molecule has 0 fully saturated rings. The van der Waals surface area contributed by atoms with E-state index in [-0.39, 0.29) is 0 Å². The minimum Gasteiger partial charge on any atom is -0.291 e. The molecule has 0 aliphatic rings. The Morgan fingerprint density at radius 3 is 2.32 bits per heavy atom. The maximum absolute atomic E-state index is 9.98. The molecule has 0 aliphatic carbocycles. The predicted molar refractivity (Wildman–Crippen MR) is 83.7 cm³/mol. The number of hydrogen-bond acceptors (Lipinski definition) is 1. The fourth-order valence-electron chi connectivity index (χ4n) is 1.87. The molecule has 0 aromatic heterocycles. The first-order chi connectivity index (χ1) is 9.41. The molecule has 0 unspecified atom stereocenters. The molecule has 0 aromatic rings. The van der Waals surface area contributed by atoms with Crippen molar-refractivity contribution in [2.24, 2.45) is 0 Å². The van der Waals surface area contributed by atoms with Crippen LogP contribution < -0.4 is 0 Å². The fraction of sp³-hybridized carbons (Fsp3) is 0.722. The summed E-state index contributed by atoms with van der Waals surface area (Å²) in [5.41, 5.74) is 0. The average Bonchev–Trinajstić information content (AvgIpc) is 2.43. The molecule has 0 heterocycles. The van der Waals surface area contributed by atoms with E-state index in [2.05, 4.69) is 30.9 Å². The summed E-state index contributed by atoms with van der Waals surface area (Å²) < 4.78 is 0. The topological polar surface area (TPSA) is 17.1 Å². The molecule has 0 N–H and O–H groups in total. The van der Waals surface area contributed by atoms with Crippen molar-refractivity contribution in [1.29, 1.82) is 0 Å². The van der Waals surface area contributed by atoms with Crippen molar-refractivity contribution < 1.29 is 4.79 Å². The number of rotatable bonds is 12. The van der Waals surface area contributed by atoms with Crippen LogP contribution in [-0.2, 0) is 4.79 Å². The van der Waals surface area contributed by atoms with Gasteiger partial charge >= 0.3 is 0 Å². The normalized spacial score (nSPS) is 10.4. The zero-order valence-electron chi connectivity index (χ0n) is 12.5. The van der Waals surface area contributed by atoms with Crippen LogP contribution in [0.3, 0.4) is 0 Å². The Morgan fingerprint density at radius 1 is 0.789 bits per heavy atom. The van der Waals surface area contributed by atoms with E-state index < -0.39 is 0 Å². The van der Waals surface area contributed by atoms with Crippen LogP contribution in [0.4, 0.5) is 0 Å². The van der Waals surface area contributed by atoms with Crippen LogP contribution in [0.25, 0.3) is 0 Å². The molecule has 1 radical (unpaired) electrons. The van der Waals surface area contributed by atoms with Crippen LogP contribution in [0.2, 0.25) is 0 Å². The van der Waals surface area contributed by atoms with Gasteiger partial charge in [0.25, 0.3) is 0 Å². The van der Waals surface area contributed by atoms with Gasteiger partial charge in [0.15, 0.2) is 6.29 Å². The molecule has 0 amide bonds. The Hall–Kier alpha value is -1.03. The van der Waals surface area contributed by atoms with Gasteiger partial charge in [-0.3, -0.25) is 4.79 Å². The summed E-state index contributed by atoms with van der Waals surface area (Å²) >= 11 is 0. The summed E-state index contributed by atoms with van der Waals surface area (Å²) in [6.45, 7) is 2.25. The Bertz CT molecular complexity index is 267. The Morgan fingerprint density at radius 2 is 1.53 bits per heavy atom. The third-order valence-electron chi connectivity index (χ3n) is 3.07. The van der Waals surface area contributed by atoms with Gasteiger partial charge in [0.05, 0.1) is 0 Å². The third-order valence-corrected chi connectivity index (χ3v) is 3.07. The lowest BCUT2D eigenvalue weighted by Crippen LogP contribution is -1.77. The van der Waals surface area contributed by atoms with E-state index in [4.69, 9.17) is 0 Å². The number of carbonyl (C=O) groups excluding carboxylic acids is 1. The molecule has 0 saturated heterocycles. The van der Waals surface area contributed by atoms with Crippen LogP contribution in [0.5, 0.6) is 0 Å². The van der Waals surface area contributed by atoms with Crippen molar-refractivity contribution in [2.45, 2.75) is 84.0 Å². The monoisotopic (exact) mass is 261 g/mol. The molecule has 0 aromatic carbocycles. The lowest BCUT2D eigenvalue weighted by molar-refractivity contribution is 0.547. The second-order valence-corrected chi connectivity index (χ2v) is 4.94. The molecule has 1 nitrogen and oxygen atoms in total. The van der Waals surface area contributed by atoms with E-state index in [1.807, 2.05) is 6.29 Å². The van der Waals surface area contributed by atoms with Gasteiger partial charge < -0.3 is 0 Å². The van der Waals surface area contributed by atoms with Gasteiger partial charge in [-0.1, -0.05) is 57.1 Å². The maximum Gasteiger partial charge on any atom is 0.198 e. The van der Waals surface area contributed by atoms with Crippen LogP contribution >= 0.6 is 0 Å². The second-order valence-electron chi connectivity index (χ2n) is 4.94. The molecule has 1 heteroatoms. The summed E-state index contributed by atoms with van der Waals surface area (Å²) in [6.07, 6.45) is 19.8. The molecule has 0 spiro atoms. The standard InChI is InChI=1S/C18H29O/c1-2-3-4-5-6-7-8-9-10-11-12-13-14-15-16-17-18-19/h12-13H,2-8,11,14-17H2,1H3. The summed E-state index contributed by atoms with van der Waals surface area (Å²) in [6, 6.07) is 0. The molecule has 107 valence electrons. The third kappa shape index (κ3) is 17.0. The zero-order chi connectivity index (χ0) is 14.0. The van der Waals surface area contributed by atoms with E-state index in [9.17, 15) is 4.79 Å². The molecule has 0 saturated carbocycles. The largest absolute Gasteiger partial charge is 0.291 e. The van der Waals surface area contributed by atoms with Crippen LogP contribution in [0.15, 0.2) is 12.2 Å². The van der Waals surface area contributed by atoms with Gasteiger partial charge in [0.1, 0.15) is 0 Å². The van der Waals surface area contributed by atoms with Gasteiger partial charge in [0, 0.05) is 19.3 Å². The SMILES string of the molecule is CCCCCCCCC#CCC=CCCCC[C]=O. The van der Waals surface area contributed by atoms with E-state index >= 15 is 0 Å². The predicted octanol–water partition coefficient (Wildman–Crippen LogP) is 5.36. The van der Waals surface area contributed by atoms with Crippen molar-refractivity contribution >= 4 is 6.29 Å². The highest BCUT2D eigenvalue weighted by molar-refractivity contribution is 5.50. The minimum atomic E-state index is 0.575. The summed E-state index contributed by atoms with van der Waals surface area (Å²) in [7, 11) is 0. The van der Waals surface area contributed by atoms with E-state index in [1.54, 1.807) is 0 Å². The molecule has 0 aliphatic heterocycles. The quantitative estimate of drug-likeness (QED) is 0.263. The first-order valence-corrected chi connectivity index (χ1v) is 7.87. The van der Waals surface area contributed by atoms with E-state index in [0.29, 0.717) is 6.42 Å². The number of hydrogen-bond donors (Lipinski definition) is 0. The van der Waals surface area contributed by atoms with Crippen LogP contribution in [0, 0.1) is 11.8 Å². The minimum absolute atomic E-state index is 0.575. The van der Waals surface area contributed by atoms with Gasteiger partial charge in [-0.25, -0.2) is 0 Å². The lowest BCUT2D eigenvalue weighted by atomic mass is 10.1. The first kappa shape index (κ1) is 18.0. The molecular formula is C18H29O. The van der Waals surface area contributed by atoms with Crippen molar-refractivity contribution in [2.75, 3.05) is 0 Å². The zero-order valence-corrected chi connectivity index (χ0v) is 12.5. The van der Waals surface area contributed by atoms with Gasteiger partial charge in [0.2, 0.25) is 0 Å². The molecule has 19 heavy (non-hydrogen) atoms. The van der Waals surface area contributed by atoms with E-state index in [1.165, 1.54) is 38.5 Å². The number of allylic oxidation sites excluding steroid dienone is 2. The van der Waals surface area contributed by atoms with Crippen molar-refractivity contribution in [3.05, 3.63) is 12.2 Å². The molecule has 0 atom stereocenters. The maximum atomic E-state index is 9.98. The highest BCUT2D eigenvalue weighted by atomic mass is 16.1. The number of unbranched alkanes of at least 4 members (excludes halogenated alkanes) is 9. The highest BCUT2D eigenvalue weighted by Gasteiger charge is 1.87. The summed E-state index contributed by atoms with van der Waals surface area (Å²) in [5.74, 6) is 6.43. The highest BCUT2D eigenvalue weighted by Crippen LogP contribution is 2.06. The van der Waals surface area contributed by atoms with Crippen molar-refractivity contribution in [3.8, 4) is 11.8 Å². The Labute approximate surface area is 119 Å². The van der Waals surface area contributed by atoms with Crippen LogP contribution in [0.1, 0.15) is 84.0 Å². The van der Waals surface area contributed by atoms with Crippen molar-refractivity contribution in [1.82, 2.24) is 0 Å². The first-order valence-electron chi connectivity index (χ1n) is 7.87. The van der Waals surface area contributed by atoms with Gasteiger partial charge in [-0.2, -0.15) is 0 Å². The Kier molecular flexibility index (Phi) is 16.1. The summed E-state index contributed by atoms with van der Waals surface area (Å²) in [5, 5.41) is 0. The average molecular weight is 261 g/mol. The fourth-order valence-corrected chi connectivity index (χ4v) is 1.87. The van der Waals surface area contributed by atoms with E-state index in [0.717, 1.165) is 32.1 Å². The molecule has 0 bridgehead atoms.